The van der Waals surface area contributed by atoms with Gasteiger partial charge in [-0.25, -0.2) is 9.78 Å². The lowest BCUT2D eigenvalue weighted by Crippen LogP contribution is -2.09. The zero-order valence-corrected chi connectivity index (χ0v) is 6.22. The van der Waals surface area contributed by atoms with Crippen molar-refractivity contribution in [2.24, 2.45) is 0 Å². The fourth-order valence-corrected chi connectivity index (χ4v) is 0.310. The lowest BCUT2D eigenvalue weighted by molar-refractivity contribution is -0.324. The summed E-state index contributed by atoms with van der Waals surface area (Å²) in [5, 5.41) is 0. The smallest absolute Gasteiger partial charge is 0.181 e. The minimum Gasteiger partial charge on any atom is -0.349 e. The van der Waals surface area contributed by atoms with Gasteiger partial charge < -0.3 is 4.74 Å². The van der Waals surface area contributed by atoms with Crippen LogP contribution in [0.15, 0.2) is 0 Å². The van der Waals surface area contributed by atoms with Crippen LogP contribution in [0, 0.1) is 0 Å². The highest BCUT2D eigenvalue weighted by atomic mass is 17.2. The molecular weight excluding hydrogens is 120 g/mol. The molecule has 0 fully saturated rings. The van der Waals surface area contributed by atoms with Crippen molar-refractivity contribution in [2.75, 3.05) is 13.9 Å². The van der Waals surface area contributed by atoms with Crippen LogP contribution in [0.1, 0.15) is 20.3 Å². The average Bonchev–Trinajstić information content (AvgIpc) is 1.89. The zero-order valence-electron chi connectivity index (χ0n) is 6.22. The first-order valence-electron chi connectivity index (χ1n) is 3.08. The fraction of sp³-hybridized carbons (Fsp3) is 1.00. The van der Waals surface area contributed by atoms with E-state index in [9.17, 15) is 0 Å². The third-order valence-electron chi connectivity index (χ3n) is 1.09. The van der Waals surface area contributed by atoms with Crippen molar-refractivity contribution in [3.63, 3.8) is 0 Å². The van der Waals surface area contributed by atoms with Crippen LogP contribution in [0.2, 0.25) is 0 Å². The van der Waals surface area contributed by atoms with Gasteiger partial charge in [0.2, 0.25) is 0 Å². The Hall–Kier alpha value is -0.120. The monoisotopic (exact) mass is 134 g/mol. The van der Waals surface area contributed by atoms with E-state index < -0.39 is 0 Å². The Morgan fingerprint density at radius 3 is 2.56 bits per heavy atom. The van der Waals surface area contributed by atoms with Crippen molar-refractivity contribution in [2.45, 2.75) is 26.4 Å². The lowest BCUT2D eigenvalue weighted by atomic mass is 10.3. The number of ether oxygens (including phenoxy) is 1. The lowest BCUT2D eigenvalue weighted by Gasteiger charge is -2.08. The molecule has 0 aromatic heterocycles. The average molecular weight is 134 g/mol. The van der Waals surface area contributed by atoms with Crippen molar-refractivity contribution >= 4 is 0 Å². The summed E-state index contributed by atoms with van der Waals surface area (Å²) >= 11 is 0. The Labute approximate surface area is 55.8 Å². The van der Waals surface area contributed by atoms with Gasteiger partial charge in [-0.3, -0.25) is 0 Å². The zero-order chi connectivity index (χ0) is 7.11. The molecule has 1 atom stereocenters. The van der Waals surface area contributed by atoms with Crippen molar-refractivity contribution in [3.05, 3.63) is 0 Å². The van der Waals surface area contributed by atoms with Gasteiger partial charge in [-0.1, -0.05) is 6.92 Å². The van der Waals surface area contributed by atoms with E-state index in [-0.39, 0.29) is 12.9 Å². The van der Waals surface area contributed by atoms with Gasteiger partial charge in [0.15, 0.2) is 6.79 Å². The van der Waals surface area contributed by atoms with Crippen LogP contribution in [0.4, 0.5) is 0 Å². The molecule has 0 aromatic rings. The quantitative estimate of drug-likeness (QED) is 0.246. The van der Waals surface area contributed by atoms with Gasteiger partial charge in [-0.15, -0.1) is 0 Å². The molecule has 0 rings (SSSR count). The molecular formula is C6H14O3. The Morgan fingerprint density at radius 1 is 1.44 bits per heavy atom. The van der Waals surface area contributed by atoms with Crippen LogP contribution in [0.3, 0.4) is 0 Å². The van der Waals surface area contributed by atoms with Gasteiger partial charge in [-0.05, 0) is 13.3 Å². The van der Waals surface area contributed by atoms with E-state index in [2.05, 4.69) is 16.7 Å². The summed E-state index contributed by atoms with van der Waals surface area (Å²) in [5.74, 6) is 0. The van der Waals surface area contributed by atoms with Gasteiger partial charge in [0.1, 0.15) is 0 Å². The predicted molar refractivity (Wildman–Crippen MR) is 33.8 cm³/mol. The summed E-state index contributed by atoms with van der Waals surface area (Å²) in [6, 6.07) is 0. The van der Waals surface area contributed by atoms with Gasteiger partial charge in [-0.2, -0.15) is 0 Å². The van der Waals surface area contributed by atoms with Crippen LogP contribution in [0.5, 0.6) is 0 Å². The van der Waals surface area contributed by atoms with Gasteiger partial charge in [0.25, 0.3) is 0 Å². The predicted octanol–water partition coefficient (Wildman–Crippen LogP) is 1.34. The molecule has 0 heterocycles. The molecule has 0 spiro atoms. The highest BCUT2D eigenvalue weighted by Crippen LogP contribution is 1.94. The molecule has 0 amide bonds. The van der Waals surface area contributed by atoms with Crippen LogP contribution >= 0.6 is 0 Å². The second kappa shape index (κ2) is 6.01. The molecule has 3 heteroatoms. The third kappa shape index (κ3) is 5.76. The van der Waals surface area contributed by atoms with Crippen molar-refractivity contribution in [1.82, 2.24) is 0 Å². The summed E-state index contributed by atoms with van der Waals surface area (Å²) in [6.07, 6.45) is 1.24. The number of rotatable bonds is 5. The Balaban J connectivity index is 2.88. The van der Waals surface area contributed by atoms with Gasteiger partial charge in [0.05, 0.1) is 13.2 Å². The largest absolute Gasteiger partial charge is 0.349 e. The maximum absolute atomic E-state index is 5.08. The van der Waals surface area contributed by atoms with E-state index in [4.69, 9.17) is 4.74 Å². The second-order valence-electron chi connectivity index (χ2n) is 1.79. The Kier molecular flexibility index (Phi) is 5.93. The number of hydrogen-bond donors (Lipinski definition) is 0. The van der Waals surface area contributed by atoms with Crippen LogP contribution in [-0.2, 0) is 14.5 Å². The molecule has 0 bridgehead atoms. The minimum atomic E-state index is 0.214. The molecule has 1 unspecified atom stereocenters. The summed E-state index contributed by atoms with van der Waals surface area (Å²) in [5.41, 5.74) is 0. The highest BCUT2D eigenvalue weighted by molar-refractivity contribution is 4.39. The molecule has 0 saturated heterocycles. The maximum Gasteiger partial charge on any atom is 0.181 e. The second-order valence-corrected chi connectivity index (χ2v) is 1.79. The first-order chi connectivity index (χ1) is 4.31. The Morgan fingerprint density at radius 2 is 2.11 bits per heavy atom. The molecule has 56 valence electrons. The normalized spacial score (nSPS) is 13.7. The standard InChI is InChI=1S/C6H14O3/c1-4-6(2)8-5-9-7-3/h6H,4-5H2,1-3H3. The van der Waals surface area contributed by atoms with Crippen LogP contribution in [-0.4, -0.2) is 20.0 Å². The van der Waals surface area contributed by atoms with Crippen LogP contribution in [0.25, 0.3) is 0 Å². The van der Waals surface area contributed by atoms with Crippen molar-refractivity contribution < 1.29 is 14.5 Å². The van der Waals surface area contributed by atoms with E-state index in [0.717, 1.165) is 6.42 Å². The third-order valence-corrected chi connectivity index (χ3v) is 1.09. The van der Waals surface area contributed by atoms with Gasteiger partial charge in [0, 0.05) is 0 Å². The molecule has 0 aromatic carbocycles. The summed E-state index contributed by atoms with van der Waals surface area (Å²) < 4.78 is 5.08. The van der Waals surface area contributed by atoms with Gasteiger partial charge >= 0.3 is 0 Å². The van der Waals surface area contributed by atoms with E-state index in [1.165, 1.54) is 7.11 Å². The first-order valence-corrected chi connectivity index (χ1v) is 3.08. The minimum absolute atomic E-state index is 0.214. The Bertz CT molecular complexity index is 56.3. The van der Waals surface area contributed by atoms with Crippen LogP contribution < -0.4 is 0 Å². The van der Waals surface area contributed by atoms with E-state index >= 15 is 0 Å². The topological polar surface area (TPSA) is 27.7 Å². The van der Waals surface area contributed by atoms with Crippen molar-refractivity contribution in [3.8, 4) is 0 Å². The molecule has 3 nitrogen and oxygen atoms in total. The molecule has 9 heavy (non-hydrogen) atoms. The SMILES string of the molecule is CCC(C)OCOOC. The van der Waals surface area contributed by atoms with E-state index in [1.54, 1.807) is 0 Å². The van der Waals surface area contributed by atoms with E-state index in [0.29, 0.717) is 0 Å². The highest BCUT2D eigenvalue weighted by Gasteiger charge is 1.95. The molecule has 0 N–H and O–H groups in total. The summed E-state index contributed by atoms with van der Waals surface area (Å²) in [6.45, 7) is 4.25. The molecule has 0 aliphatic carbocycles. The first kappa shape index (κ1) is 8.88. The van der Waals surface area contributed by atoms with Crippen molar-refractivity contribution in [1.29, 1.82) is 0 Å². The molecule has 0 aliphatic heterocycles. The number of hydrogen-bond acceptors (Lipinski definition) is 3. The fourth-order valence-electron chi connectivity index (χ4n) is 0.310. The maximum atomic E-state index is 5.08. The molecule has 0 aliphatic rings. The summed E-state index contributed by atoms with van der Waals surface area (Å²) in [7, 11) is 1.46. The molecule has 0 saturated carbocycles. The molecule has 0 radical (unpaired) electrons. The summed E-state index contributed by atoms with van der Waals surface area (Å²) in [4.78, 5) is 8.80. The van der Waals surface area contributed by atoms with E-state index in [1.807, 2.05) is 6.92 Å².